The highest BCUT2D eigenvalue weighted by Gasteiger charge is 2.18. The molecule has 0 atom stereocenters. The van der Waals surface area contributed by atoms with E-state index < -0.39 is 0 Å². The molecule has 4 heterocycles. The summed E-state index contributed by atoms with van der Waals surface area (Å²) in [5.74, 6) is 0.849. The maximum Gasteiger partial charge on any atom is 0.195 e. The Morgan fingerprint density at radius 2 is 1.77 bits per heavy atom. The molecular weight excluding hydrogens is 404 g/mol. The normalized spacial score (nSPS) is 10.8. The summed E-state index contributed by atoms with van der Waals surface area (Å²) in [5.41, 5.74) is 3.97. The number of nitrogens with one attached hydrogen (secondary N) is 1. The average Bonchev–Trinajstić information content (AvgIpc) is 3.48. The van der Waals surface area contributed by atoms with Gasteiger partial charge in [-0.3, -0.25) is 8.80 Å². The van der Waals surface area contributed by atoms with E-state index in [1.165, 1.54) is 4.88 Å². The molecule has 0 aliphatic rings. The van der Waals surface area contributed by atoms with Gasteiger partial charge in [0, 0.05) is 19.4 Å². The Balaban J connectivity index is 0.000000807. The number of fused-ring (bicyclic) bond motifs is 2. The predicted molar refractivity (Wildman–Crippen MR) is 134 cm³/mol. The minimum absolute atomic E-state index is 0.582. The minimum atomic E-state index is 0.582. The van der Waals surface area contributed by atoms with Gasteiger partial charge in [-0.2, -0.15) is 5.26 Å². The molecule has 0 aromatic carbocycles. The van der Waals surface area contributed by atoms with Crippen LogP contribution in [0.3, 0.4) is 0 Å². The van der Waals surface area contributed by atoms with Crippen molar-refractivity contribution in [2.24, 2.45) is 0 Å². The van der Waals surface area contributed by atoms with Crippen molar-refractivity contribution in [1.29, 1.82) is 5.26 Å². The second-order valence-corrected chi connectivity index (χ2v) is 6.95. The van der Waals surface area contributed by atoms with Crippen LogP contribution in [0, 0.1) is 11.3 Å². The van der Waals surface area contributed by atoms with Crippen LogP contribution in [0.2, 0.25) is 0 Å². The molecule has 1 N–H and O–H groups in total. The lowest BCUT2D eigenvalue weighted by Gasteiger charge is -2.02. The van der Waals surface area contributed by atoms with E-state index in [0.717, 1.165) is 27.9 Å². The van der Waals surface area contributed by atoms with Gasteiger partial charge in [-0.25, -0.2) is 9.97 Å². The Bertz CT molecular complexity index is 1250. The van der Waals surface area contributed by atoms with Crippen LogP contribution in [-0.2, 0) is 0 Å². The first-order valence-electron chi connectivity index (χ1n) is 10.6. The topological polar surface area (TPSA) is 70.4 Å². The molecule has 0 radical (unpaired) electrons. The molecule has 0 aliphatic heterocycles. The first-order valence-corrected chi connectivity index (χ1v) is 11.4. The number of hydrogen-bond donors (Lipinski definition) is 1. The third-order valence-corrected chi connectivity index (χ3v) is 5.30. The third-order valence-electron chi connectivity index (χ3n) is 4.26. The maximum absolute atomic E-state index is 9.14. The van der Waals surface area contributed by atoms with Gasteiger partial charge in [0.25, 0.3) is 0 Å². The summed E-state index contributed by atoms with van der Waals surface area (Å²) in [4.78, 5) is 11.6. The summed E-state index contributed by atoms with van der Waals surface area (Å²) in [6.07, 6.45) is 12.1. The first kappa shape index (κ1) is 23.9. The maximum atomic E-state index is 9.14. The minimum Gasteiger partial charge on any atom is -0.372 e. The SMILES string of the molecule is C/C=C\c1sc2nc(-c3nc4cc(C#N)ccn4c3NC)cn2c1/C=C\C.CC.CC. The van der Waals surface area contributed by atoms with E-state index in [-0.39, 0.29) is 0 Å². The van der Waals surface area contributed by atoms with E-state index in [1.54, 1.807) is 23.5 Å². The number of thiazole rings is 1. The molecule has 0 amide bonds. The van der Waals surface area contributed by atoms with Crippen molar-refractivity contribution >= 4 is 39.9 Å². The van der Waals surface area contributed by atoms with E-state index in [2.05, 4.69) is 27.9 Å². The average molecular weight is 435 g/mol. The number of rotatable bonds is 4. The van der Waals surface area contributed by atoms with Gasteiger partial charge in [0.1, 0.15) is 22.9 Å². The zero-order valence-corrected chi connectivity index (χ0v) is 20.1. The van der Waals surface area contributed by atoms with Crippen LogP contribution >= 0.6 is 11.3 Å². The van der Waals surface area contributed by atoms with Crippen LogP contribution in [0.4, 0.5) is 5.82 Å². The number of nitriles is 1. The molecule has 4 aromatic rings. The fourth-order valence-electron chi connectivity index (χ4n) is 3.11. The van der Waals surface area contributed by atoms with Crippen molar-refractivity contribution < 1.29 is 0 Å². The van der Waals surface area contributed by atoms with E-state index >= 15 is 0 Å². The van der Waals surface area contributed by atoms with Gasteiger partial charge in [-0.15, -0.1) is 0 Å². The van der Waals surface area contributed by atoms with Gasteiger partial charge < -0.3 is 5.32 Å². The highest BCUT2D eigenvalue weighted by atomic mass is 32.1. The molecular formula is C24H30N6S. The summed E-state index contributed by atoms with van der Waals surface area (Å²) in [5, 5.41) is 12.3. The van der Waals surface area contributed by atoms with Crippen molar-refractivity contribution in [3.05, 3.63) is 52.8 Å². The molecule has 0 spiro atoms. The Morgan fingerprint density at radius 3 is 2.39 bits per heavy atom. The van der Waals surface area contributed by atoms with Crippen molar-refractivity contribution in [3.8, 4) is 17.5 Å². The van der Waals surface area contributed by atoms with Gasteiger partial charge in [0.2, 0.25) is 0 Å². The number of anilines is 1. The molecule has 0 saturated carbocycles. The molecule has 4 rings (SSSR count). The third kappa shape index (κ3) is 4.54. The molecule has 7 heteroatoms. The smallest absolute Gasteiger partial charge is 0.195 e. The molecule has 6 nitrogen and oxygen atoms in total. The summed E-state index contributed by atoms with van der Waals surface area (Å²) < 4.78 is 4.03. The second kappa shape index (κ2) is 11.1. The zero-order chi connectivity index (χ0) is 23.0. The van der Waals surface area contributed by atoms with Crippen LogP contribution < -0.4 is 5.32 Å². The van der Waals surface area contributed by atoms with Crippen LogP contribution in [0.15, 0.2) is 36.7 Å². The van der Waals surface area contributed by atoms with E-state index in [9.17, 15) is 0 Å². The zero-order valence-electron chi connectivity index (χ0n) is 19.3. The second-order valence-electron chi connectivity index (χ2n) is 5.94. The van der Waals surface area contributed by atoms with Crippen LogP contribution in [0.5, 0.6) is 0 Å². The lowest BCUT2D eigenvalue weighted by atomic mass is 10.3. The van der Waals surface area contributed by atoms with Crippen LogP contribution in [0.25, 0.3) is 34.1 Å². The number of allylic oxidation sites excluding steroid dienone is 2. The fourth-order valence-corrected chi connectivity index (χ4v) is 4.18. The largest absolute Gasteiger partial charge is 0.372 e. The monoisotopic (exact) mass is 434 g/mol. The summed E-state index contributed by atoms with van der Waals surface area (Å²) in [6, 6.07) is 5.71. The van der Waals surface area contributed by atoms with E-state index in [1.807, 2.05) is 77.5 Å². The highest BCUT2D eigenvalue weighted by molar-refractivity contribution is 7.18. The van der Waals surface area contributed by atoms with Crippen molar-refractivity contribution in [2.75, 3.05) is 12.4 Å². The lowest BCUT2D eigenvalue weighted by Crippen LogP contribution is -1.96. The Hall–Kier alpha value is -3.37. The summed E-state index contributed by atoms with van der Waals surface area (Å²) in [6.45, 7) is 12.0. The highest BCUT2D eigenvalue weighted by Crippen LogP contribution is 2.32. The van der Waals surface area contributed by atoms with Crippen molar-refractivity contribution in [1.82, 2.24) is 18.8 Å². The van der Waals surface area contributed by atoms with Crippen molar-refractivity contribution in [2.45, 2.75) is 41.5 Å². The number of aromatic nitrogens is 4. The molecule has 0 aliphatic carbocycles. The van der Waals surface area contributed by atoms with Crippen LogP contribution in [0.1, 0.15) is 57.7 Å². The van der Waals surface area contributed by atoms with Gasteiger partial charge in [-0.1, -0.05) is 51.2 Å². The molecule has 0 unspecified atom stereocenters. The number of nitrogens with zero attached hydrogens (tertiary/aromatic N) is 5. The lowest BCUT2D eigenvalue weighted by molar-refractivity contribution is 1.17. The van der Waals surface area contributed by atoms with Gasteiger partial charge in [0.05, 0.1) is 22.2 Å². The Kier molecular flexibility index (Phi) is 8.59. The number of imidazole rings is 2. The van der Waals surface area contributed by atoms with Crippen LogP contribution in [-0.4, -0.2) is 25.8 Å². The quantitative estimate of drug-likeness (QED) is 0.386. The first-order chi connectivity index (χ1) is 15.2. The molecule has 31 heavy (non-hydrogen) atoms. The van der Waals surface area contributed by atoms with E-state index in [0.29, 0.717) is 11.2 Å². The van der Waals surface area contributed by atoms with E-state index in [4.69, 9.17) is 15.2 Å². The van der Waals surface area contributed by atoms with Crippen molar-refractivity contribution in [3.63, 3.8) is 0 Å². The summed E-state index contributed by atoms with van der Waals surface area (Å²) >= 11 is 1.65. The molecule has 0 fully saturated rings. The standard InChI is InChI=1S/C20H18N6S.2C2H6/c1-4-6-15-16(7-5-2)27-20-23-14(12-26(15)20)18-19(22-3)25-9-8-13(11-21)10-17(25)24-18;2*1-2/h4-10,12,22H,1-3H3;2*1-2H3/b6-4-,7-5-;;. The Labute approximate surface area is 188 Å². The van der Waals surface area contributed by atoms with Gasteiger partial charge in [0.15, 0.2) is 4.96 Å². The molecule has 0 saturated heterocycles. The Morgan fingerprint density at radius 1 is 1.06 bits per heavy atom. The predicted octanol–water partition coefficient (Wildman–Crippen LogP) is 6.74. The molecule has 4 aromatic heterocycles. The number of pyridine rings is 1. The van der Waals surface area contributed by atoms with Gasteiger partial charge in [-0.05, 0) is 38.1 Å². The van der Waals surface area contributed by atoms with Gasteiger partial charge >= 0.3 is 0 Å². The fraction of sp³-hybridized carbons (Fsp3) is 0.292. The number of hydrogen-bond acceptors (Lipinski definition) is 5. The summed E-state index contributed by atoms with van der Waals surface area (Å²) in [7, 11) is 1.86. The molecule has 0 bridgehead atoms. The molecule has 162 valence electrons.